The van der Waals surface area contributed by atoms with E-state index in [0.717, 1.165) is 5.39 Å². The van der Waals surface area contributed by atoms with Gasteiger partial charge in [-0.15, -0.1) is 0 Å². The molecule has 124 valence electrons. The Bertz CT molecular complexity index is 1170. The Balaban J connectivity index is 1.99. The molecule has 0 aliphatic rings. The fourth-order valence-electron chi connectivity index (χ4n) is 2.81. The molecule has 2 heterocycles. The number of rotatable bonds is 4. The van der Waals surface area contributed by atoms with Crippen molar-refractivity contribution in [3.8, 4) is 11.3 Å². The molecule has 4 rings (SSSR count). The Morgan fingerprint density at radius 1 is 0.880 bits per heavy atom. The maximum Gasteiger partial charge on any atom is 0.268 e. The van der Waals surface area contributed by atoms with E-state index in [0.29, 0.717) is 23.1 Å². The highest BCUT2D eigenvalue weighted by molar-refractivity contribution is 7.90. The van der Waals surface area contributed by atoms with Gasteiger partial charge in [-0.3, -0.25) is 4.79 Å². The third-order valence-electron chi connectivity index (χ3n) is 3.99. The van der Waals surface area contributed by atoms with Crippen LogP contribution in [0.3, 0.4) is 0 Å². The minimum Gasteiger partial charge on any atom is -0.453 e. The summed E-state index contributed by atoms with van der Waals surface area (Å²) in [5, 5.41) is 0.730. The van der Waals surface area contributed by atoms with Crippen molar-refractivity contribution in [2.75, 3.05) is 0 Å². The number of carbonyl (C=O) groups is 1. The number of benzene rings is 2. The van der Waals surface area contributed by atoms with Crippen molar-refractivity contribution in [2.45, 2.75) is 4.90 Å². The third kappa shape index (κ3) is 2.47. The van der Waals surface area contributed by atoms with E-state index in [1.165, 1.54) is 10.2 Å². The first kappa shape index (κ1) is 15.4. The van der Waals surface area contributed by atoms with Gasteiger partial charge in [-0.2, -0.15) is 0 Å². The van der Waals surface area contributed by atoms with Gasteiger partial charge in [-0.05, 0) is 30.3 Å². The van der Waals surface area contributed by atoms with Crippen molar-refractivity contribution in [3.05, 3.63) is 78.7 Å². The van der Waals surface area contributed by atoms with Crippen molar-refractivity contribution in [3.63, 3.8) is 0 Å². The van der Waals surface area contributed by atoms with Crippen LogP contribution in [-0.2, 0) is 10.0 Å². The first-order valence-corrected chi connectivity index (χ1v) is 9.01. The molecule has 0 amide bonds. The summed E-state index contributed by atoms with van der Waals surface area (Å²) in [6.45, 7) is 0. The lowest BCUT2D eigenvalue weighted by Gasteiger charge is -2.07. The van der Waals surface area contributed by atoms with E-state index in [4.69, 9.17) is 4.42 Å². The lowest BCUT2D eigenvalue weighted by Crippen LogP contribution is -2.11. The number of hydrogen-bond acceptors (Lipinski definition) is 4. The normalized spacial score (nSPS) is 11.7. The number of furan rings is 1. The summed E-state index contributed by atoms with van der Waals surface area (Å²) in [7, 11) is -3.75. The van der Waals surface area contributed by atoms with Gasteiger partial charge in [0.25, 0.3) is 10.0 Å². The largest absolute Gasteiger partial charge is 0.453 e. The Kier molecular flexibility index (Phi) is 3.54. The first-order chi connectivity index (χ1) is 12.1. The molecule has 0 saturated carbocycles. The predicted molar refractivity (Wildman–Crippen MR) is 94.1 cm³/mol. The summed E-state index contributed by atoms with van der Waals surface area (Å²) in [5.41, 5.74) is 1.16. The van der Waals surface area contributed by atoms with E-state index in [-0.39, 0.29) is 10.7 Å². The molecule has 0 N–H and O–H groups in total. The van der Waals surface area contributed by atoms with Crippen molar-refractivity contribution >= 4 is 27.2 Å². The molecule has 0 atom stereocenters. The lowest BCUT2D eigenvalue weighted by molar-refractivity contribution is 0.110. The highest BCUT2D eigenvalue weighted by atomic mass is 32.2. The first-order valence-electron chi connectivity index (χ1n) is 7.57. The summed E-state index contributed by atoms with van der Waals surface area (Å²) in [5.74, 6) is 0.637. The lowest BCUT2D eigenvalue weighted by atomic mass is 10.1. The highest BCUT2D eigenvalue weighted by Crippen LogP contribution is 2.33. The van der Waals surface area contributed by atoms with Crippen LogP contribution in [0.2, 0.25) is 0 Å². The second-order valence-corrected chi connectivity index (χ2v) is 7.31. The molecule has 0 unspecified atom stereocenters. The number of nitrogens with zero attached hydrogens (tertiary/aromatic N) is 1. The Hall–Kier alpha value is -3.12. The maximum absolute atomic E-state index is 13.0. The van der Waals surface area contributed by atoms with Crippen molar-refractivity contribution in [2.24, 2.45) is 0 Å². The number of aromatic nitrogens is 1. The fourth-order valence-corrected chi connectivity index (χ4v) is 4.20. The molecule has 0 aliphatic heterocycles. The van der Waals surface area contributed by atoms with Gasteiger partial charge >= 0.3 is 0 Å². The average molecular weight is 351 g/mol. The molecular formula is C19H13NO4S. The molecule has 6 heteroatoms. The zero-order chi connectivity index (χ0) is 17.4. The molecule has 25 heavy (non-hydrogen) atoms. The van der Waals surface area contributed by atoms with Gasteiger partial charge in [-0.25, -0.2) is 12.4 Å². The van der Waals surface area contributed by atoms with Crippen molar-refractivity contribution in [1.29, 1.82) is 0 Å². The van der Waals surface area contributed by atoms with Crippen LogP contribution in [0.1, 0.15) is 10.6 Å². The summed E-state index contributed by atoms with van der Waals surface area (Å²) < 4.78 is 32.8. The Morgan fingerprint density at radius 3 is 2.32 bits per heavy atom. The third-order valence-corrected chi connectivity index (χ3v) is 5.67. The smallest absolute Gasteiger partial charge is 0.268 e. The number of aldehydes is 1. The Morgan fingerprint density at radius 2 is 1.60 bits per heavy atom. The molecule has 0 aliphatic carbocycles. The van der Waals surface area contributed by atoms with E-state index >= 15 is 0 Å². The second-order valence-electron chi connectivity index (χ2n) is 5.49. The van der Waals surface area contributed by atoms with Crippen molar-refractivity contribution < 1.29 is 17.6 Å². The molecule has 0 saturated heterocycles. The minimum atomic E-state index is -3.75. The molecule has 4 aromatic rings. The van der Waals surface area contributed by atoms with Crippen LogP contribution in [0.15, 0.2) is 82.2 Å². The minimum absolute atomic E-state index is 0.192. The fraction of sp³-hybridized carbons (Fsp3) is 0. The van der Waals surface area contributed by atoms with Crippen LogP contribution in [0, 0.1) is 0 Å². The van der Waals surface area contributed by atoms with Gasteiger partial charge in [0.15, 0.2) is 12.0 Å². The van der Waals surface area contributed by atoms with E-state index in [2.05, 4.69) is 0 Å². The highest BCUT2D eigenvalue weighted by Gasteiger charge is 2.22. The van der Waals surface area contributed by atoms with Crippen LogP contribution < -0.4 is 0 Å². The zero-order valence-electron chi connectivity index (χ0n) is 13.0. The van der Waals surface area contributed by atoms with Crippen LogP contribution in [0.4, 0.5) is 0 Å². The summed E-state index contributed by atoms with van der Waals surface area (Å²) >= 11 is 0. The maximum atomic E-state index is 13.0. The van der Waals surface area contributed by atoms with E-state index in [1.807, 2.05) is 12.1 Å². The van der Waals surface area contributed by atoms with Gasteiger partial charge in [-0.1, -0.05) is 36.4 Å². The summed E-state index contributed by atoms with van der Waals surface area (Å²) in [6.07, 6.45) is 2.14. The molecule has 2 aromatic carbocycles. The van der Waals surface area contributed by atoms with Crippen molar-refractivity contribution in [1.82, 2.24) is 3.97 Å². The topological polar surface area (TPSA) is 69.3 Å². The van der Waals surface area contributed by atoms with E-state index in [9.17, 15) is 13.2 Å². The summed E-state index contributed by atoms with van der Waals surface area (Å²) in [4.78, 5) is 11.1. The van der Waals surface area contributed by atoms with Crippen LogP contribution in [0.5, 0.6) is 0 Å². The van der Waals surface area contributed by atoms with Gasteiger partial charge in [0.2, 0.25) is 0 Å². The Labute approximate surface area is 144 Å². The quantitative estimate of drug-likeness (QED) is 0.522. The monoisotopic (exact) mass is 351 g/mol. The van der Waals surface area contributed by atoms with E-state index in [1.54, 1.807) is 54.6 Å². The molecule has 5 nitrogen and oxygen atoms in total. The molecule has 0 radical (unpaired) electrons. The van der Waals surface area contributed by atoms with E-state index < -0.39 is 10.0 Å². The van der Waals surface area contributed by atoms with Gasteiger partial charge in [0.05, 0.1) is 10.4 Å². The predicted octanol–water partition coefficient (Wildman–Crippen LogP) is 3.95. The SMILES string of the molecule is O=Cc1ccc(-c2cn(S(=O)(=O)c3ccccc3)c3ccccc23)o1. The zero-order valence-corrected chi connectivity index (χ0v) is 13.8. The van der Waals surface area contributed by atoms with Crippen LogP contribution >= 0.6 is 0 Å². The van der Waals surface area contributed by atoms with Gasteiger partial charge < -0.3 is 4.42 Å². The number of carbonyl (C=O) groups excluding carboxylic acids is 1. The molecular weight excluding hydrogens is 338 g/mol. The standard InChI is InChI=1S/C19H13NO4S/c21-13-14-10-11-19(24-14)17-12-20(18-9-5-4-8-16(17)18)25(22,23)15-6-2-1-3-7-15/h1-13H. The molecule has 2 aromatic heterocycles. The summed E-state index contributed by atoms with van der Waals surface area (Å²) in [6, 6.07) is 18.6. The van der Waals surface area contributed by atoms with Gasteiger partial charge in [0, 0.05) is 17.1 Å². The second kappa shape index (κ2) is 5.75. The van der Waals surface area contributed by atoms with Gasteiger partial charge in [0.1, 0.15) is 5.76 Å². The number of hydrogen-bond donors (Lipinski definition) is 0. The molecule has 0 bridgehead atoms. The molecule has 0 spiro atoms. The number of fused-ring (bicyclic) bond motifs is 1. The van der Waals surface area contributed by atoms with Crippen LogP contribution in [0.25, 0.3) is 22.2 Å². The molecule has 0 fully saturated rings. The average Bonchev–Trinajstić information content (AvgIpc) is 3.27. The van der Waals surface area contributed by atoms with Crippen LogP contribution in [-0.4, -0.2) is 18.7 Å². The number of para-hydroxylation sites is 1.